The van der Waals surface area contributed by atoms with Crippen LogP contribution in [0, 0.1) is 0 Å². The van der Waals surface area contributed by atoms with E-state index in [1.165, 1.54) is 244 Å². The van der Waals surface area contributed by atoms with Gasteiger partial charge in [-0.3, -0.25) is 9.59 Å². The zero-order valence-corrected chi connectivity index (χ0v) is 45.9. The van der Waals surface area contributed by atoms with Crippen LogP contribution in [-0.4, -0.2) is 47.4 Å². The number of aliphatic hydroxyl groups is 2. The predicted molar refractivity (Wildman–Crippen MR) is 296 cm³/mol. The van der Waals surface area contributed by atoms with Crippen molar-refractivity contribution in [3.8, 4) is 0 Å². The van der Waals surface area contributed by atoms with E-state index in [1.54, 1.807) is 0 Å². The van der Waals surface area contributed by atoms with Crippen molar-refractivity contribution in [3.63, 3.8) is 0 Å². The number of hydrogen-bond donors (Lipinski definition) is 3. The fourth-order valence-corrected chi connectivity index (χ4v) is 9.51. The average molecular weight is 959 g/mol. The van der Waals surface area contributed by atoms with Gasteiger partial charge in [0, 0.05) is 12.8 Å². The number of unbranched alkanes of at least 4 members (excludes halogenated alkanes) is 42. The van der Waals surface area contributed by atoms with Gasteiger partial charge in [-0.05, 0) is 77.0 Å². The number of aliphatic hydroxyl groups excluding tert-OH is 2. The molecule has 0 saturated heterocycles. The zero-order valence-electron chi connectivity index (χ0n) is 45.9. The summed E-state index contributed by atoms with van der Waals surface area (Å²) in [5.41, 5.74) is 0. The molecule has 0 aliphatic rings. The van der Waals surface area contributed by atoms with Gasteiger partial charge in [-0.1, -0.05) is 269 Å². The maximum absolute atomic E-state index is 12.5. The van der Waals surface area contributed by atoms with Crippen LogP contribution in [0.1, 0.15) is 335 Å². The Balaban J connectivity index is 3.42. The number of nitrogens with one attached hydrogen (secondary N) is 1. The first-order valence-electron chi connectivity index (χ1n) is 30.6. The fraction of sp³-hybridized carbons (Fsp3) is 0.903. The van der Waals surface area contributed by atoms with Crippen LogP contribution in [0.15, 0.2) is 24.3 Å². The van der Waals surface area contributed by atoms with Crippen LogP contribution in [0.5, 0.6) is 0 Å². The molecule has 2 unspecified atom stereocenters. The summed E-state index contributed by atoms with van der Waals surface area (Å²) < 4.78 is 5.49. The molecule has 0 aromatic carbocycles. The molecule has 0 fully saturated rings. The SMILES string of the molecule is CCCCCCCC/C=C\CCCCCCCCCCCC(=O)OCCCCCCCCCCC/C=C\CCCCCCCC(=O)NC(CO)C(O)CCCCCCCCCCCCCCCC. The van der Waals surface area contributed by atoms with Gasteiger partial charge >= 0.3 is 5.97 Å². The topological polar surface area (TPSA) is 95.9 Å². The third kappa shape index (κ3) is 53.7. The third-order valence-corrected chi connectivity index (χ3v) is 14.2. The normalized spacial score (nSPS) is 12.7. The number of carbonyl (C=O) groups excluding carboxylic acids is 2. The second-order valence-electron chi connectivity index (χ2n) is 21.0. The molecule has 6 heteroatoms. The van der Waals surface area contributed by atoms with E-state index in [4.69, 9.17) is 4.74 Å². The van der Waals surface area contributed by atoms with E-state index in [9.17, 15) is 19.8 Å². The van der Waals surface area contributed by atoms with Crippen molar-refractivity contribution in [2.24, 2.45) is 0 Å². The monoisotopic (exact) mass is 958 g/mol. The van der Waals surface area contributed by atoms with Crippen LogP contribution in [0.25, 0.3) is 0 Å². The number of amides is 1. The van der Waals surface area contributed by atoms with Crippen LogP contribution >= 0.6 is 0 Å². The van der Waals surface area contributed by atoms with Crippen LogP contribution in [0.4, 0.5) is 0 Å². The van der Waals surface area contributed by atoms with Crippen molar-refractivity contribution in [1.82, 2.24) is 5.32 Å². The molecule has 3 N–H and O–H groups in total. The molecule has 1 amide bonds. The molecule has 0 spiro atoms. The summed E-state index contributed by atoms with van der Waals surface area (Å²) in [5, 5.41) is 23.2. The van der Waals surface area contributed by atoms with Crippen LogP contribution in [0.3, 0.4) is 0 Å². The zero-order chi connectivity index (χ0) is 49.3. The number of hydrogen-bond acceptors (Lipinski definition) is 5. The van der Waals surface area contributed by atoms with Gasteiger partial charge in [-0.15, -0.1) is 0 Å². The Labute approximate surface area is 424 Å². The van der Waals surface area contributed by atoms with Gasteiger partial charge in [-0.2, -0.15) is 0 Å². The summed E-state index contributed by atoms with van der Waals surface area (Å²) in [4.78, 5) is 24.6. The Kier molecular flexibility index (Phi) is 56.5. The van der Waals surface area contributed by atoms with Gasteiger partial charge in [0.05, 0.1) is 25.4 Å². The maximum atomic E-state index is 12.5. The van der Waals surface area contributed by atoms with Gasteiger partial charge in [-0.25, -0.2) is 0 Å². The molecule has 68 heavy (non-hydrogen) atoms. The van der Waals surface area contributed by atoms with Crippen molar-refractivity contribution in [1.29, 1.82) is 0 Å². The Morgan fingerprint density at radius 1 is 0.397 bits per heavy atom. The number of rotatable bonds is 57. The van der Waals surface area contributed by atoms with E-state index >= 15 is 0 Å². The van der Waals surface area contributed by atoms with Gasteiger partial charge in [0.2, 0.25) is 5.91 Å². The molecule has 0 bridgehead atoms. The molecule has 0 aliphatic heterocycles. The molecule has 0 rings (SSSR count). The van der Waals surface area contributed by atoms with Gasteiger partial charge in [0.1, 0.15) is 0 Å². The lowest BCUT2D eigenvalue weighted by Gasteiger charge is -2.22. The van der Waals surface area contributed by atoms with Crippen molar-refractivity contribution in [2.45, 2.75) is 347 Å². The quantitative estimate of drug-likeness (QED) is 0.0321. The molecule has 0 aromatic heterocycles. The van der Waals surface area contributed by atoms with Crippen LogP contribution in [-0.2, 0) is 14.3 Å². The van der Waals surface area contributed by atoms with E-state index in [2.05, 4.69) is 43.5 Å². The summed E-state index contributed by atoms with van der Waals surface area (Å²) in [6, 6.07) is -0.551. The standard InChI is InChI=1S/C62H119NO5/c1-3-5-7-9-11-13-15-17-19-20-21-25-28-32-36-40-44-48-52-56-62(67)68-57-53-49-45-41-37-33-29-26-23-22-24-27-31-35-39-43-47-51-55-61(66)63-59(58-64)60(65)54-50-46-42-38-34-30-18-16-14-12-10-8-6-4-2/h17,19,24,27,59-60,64-65H,3-16,18,20-23,25-26,28-58H2,1-2H3,(H,63,66)/b19-17-,27-24-. The van der Waals surface area contributed by atoms with Crippen LogP contribution in [0.2, 0.25) is 0 Å². The lowest BCUT2D eigenvalue weighted by Crippen LogP contribution is -2.45. The van der Waals surface area contributed by atoms with E-state index in [1.807, 2.05) is 0 Å². The number of esters is 1. The summed E-state index contributed by atoms with van der Waals surface area (Å²) in [7, 11) is 0. The molecule has 0 aliphatic carbocycles. The number of allylic oxidation sites excluding steroid dienone is 4. The van der Waals surface area contributed by atoms with E-state index in [0.29, 0.717) is 25.9 Å². The van der Waals surface area contributed by atoms with Crippen molar-refractivity contribution < 1.29 is 24.5 Å². The summed E-state index contributed by atoms with van der Waals surface area (Å²) >= 11 is 0. The summed E-state index contributed by atoms with van der Waals surface area (Å²) in [6.45, 7) is 4.95. The Morgan fingerprint density at radius 2 is 0.691 bits per heavy atom. The first-order chi connectivity index (χ1) is 33.5. The largest absolute Gasteiger partial charge is 0.466 e. The van der Waals surface area contributed by atoms with Gasteiger partial charge in [0.15, 0.2) is 0 Å². The first kappa shape index (κ1) is 66.3. The molecule has 402 valence electrons. The van der Waals surface area contributed by atoms with Crippen molar-refractivity contribution >= 4 is 11.9 Å². The molecular formula is C62H119NO5. The minimum Gasteiger partial charge on any atom is -0.466 e. The van der Waals surface area contributed by atoms with Crippen molar-refractivity contribution in [2.75, 3.05) is 13.2 Å². The second kappa shape index (κ2) is 57.9. The predicted octanol–water partition coefficient (Wildman–Crippen LogP) is 19.0. The highest BCUT2D eigenvalue weighted by Gasteiger charge is 2.20. The Morgan fingerprint density at radius 3 is 1.04 bits per heavy atom. The molecule has 0 heterocycles. The fourth-order valence-electron chi connectivity index (χ4n) is 9.51. The lowest BCUT2D eigenvalue weighted by atomic mass is 10.0. The summed E-state index contributed by atoms with van der Waals surface area (Å²) in [5.74, 6) is -0.0451. The lowest BCUT2D eigenvalue weighted by molar-refractivity contribution is -0.143. The number of carbonyl (C=O) groups is 2. The van der Waals surface area contributed by atoms with E-state index in [-0.39, 0.29) is 18.5 Å². The van der Waals surface area contributed by atoms with Crippen molar-refractivity contribution in [3.05, 3.63) is 24.3 Å². The second-order valence-corrected chi connectivity index (χ2v) is 21.0. The molecule has 0 radical (unpaired) electrons. The van der Waals surface area contributed by atoms with Gasteiger partial charge < -0.3 is 20.3 Å². The molecule has 6 nitrogen and oxygen atoms in total. The highest BCUT2D eigenvalue weighted by atomic mass is 16.5. The number of ether oxygens (including phenoxy) is 1. The molecule has 2 atom stereocenters. The average Bonchev–Trinajstić information content (AvgIpc) is 3.34. The molecular weight excluding hydrogens is 839 g/mol. The third-order valence-electron chi connectivity index (χ3n) is 14.2. The first-order valence-corrected chi connectivity index (χ1v) is 30.6. The minimum absolute atomic E-state index is 0.00295. The highest BCUT2D eigenvalue weighted by molar-refractivity contribution is 5.76. The maximum Gasteiger partial charge on any atom is 0.305 e. The summed E-state index contributed by atoms with van der Waals surface area (Å²) in [6.07, 6.45) is 70.3. The minimum atomic E-state index is -0.672. The Bertz CT molecular complexity index is 1060. The van der Waals surface area contributed by atoms with E-state index in [0.717, 1.165) is 57.8 Å². The van der Waals surface area contributed by atoms with Crippen LogP contribution < -0.4 is 5.32 Å². The van der Waals surface area contributed by atoms with E-state index < -0.39 is 12.1 Å². The van der Waals surface area contributed by atoms with Gasteiger partial charge in [0.25, 0.3) is 0 Å². The smallest absolute Gasteiger partial charge is 0.305 e. The highest BCUT2D eigenvalue weighted by Crippen LogP contribution is 2.17. The molecule has 0 saturated carbocycles. The Hall–Kier alpha value is -1.66. The molecule has 0 aromatic rings.